The molecule has 0 aromatic heterocycles. The van der Waals surface area contributed by atoms with Crippen molar-refractivity contribution in [3.63, 3.8) is 0 Å². The number of fused-ring (bicyclic) bond motifs is 7. The normalized spacial score (nSPS) is 22.5. The van der Waals surface area contributed by atoms with Gasteiger partial charge in [0.1, 0.15) is 0 Å². The summed E-state index contributed by atoms with van der Waals surface area (Å²) < 4.78 is 0. The van der Waals surface area contributed by atoms with E-state index in [4.69, 9.17) is 0 Å². The van der Waals surface area contributed by atoms with Crippen molar-refractivity contribution in [1.82, 2.24) is 0 Å². The second kappa shape index (κ2) is 9.57. The van der Waals surface area contributed by atoms with Gasteiger partial charge in [0, 0.05) is 5.92 Å². The van der Waals surface area contributed by atoms with Crippen LogP contribution in [0.2, 0.25) is 0 Å². The first kappa shape index (κ1) is 24.2. The summed E-state index contributed by atoms with van der Waals surface area (Å²) in [5.41, 5.74) is 14.8. The van der Waals surface area contributed by atoms with Crippen LogP contribution in [0.3, 0.4) is 0 Å². The molecule has 0 heteroatoms. The second-order valence-corrected chi connectivity index (χ2v) is 12.6. The maximum Gasteiger partial charge on any atom is 0.0133 e. The predicted molar refractivity (Wildman–Crippen MR) is 179 cm³/mol. The van der Waals surface area contributed by atoms with Crippen molar-refractivity contribution in [2.24, 2.45) is 11.8 Å². The summed E-state index contributed by atoms with van der Waals surface area (Å²) in [5, 5.41) is 5.61. The summed E-state index contributed by atoms with van der Waals surface area (Å²) in [7, 11) is 0. The molecule has 5 aliphatic rings. The highest BCUT2D eigenvalue weighted by molar-refractivity contribution is 6.16. The molecule has 42 heavy (non-hydrogen) atoms. The average molecular weight is 539 g/mol. The van der Waals surface area contributed by atoms with Crippen LogP contribution in [0.25, 0.3) is 38.8 Å². The molecular formula is C42H34. The zero-order valence-electron chi connectivity index (χ0n) is 23.9. The Kier molecular flexibility index (Phi) is 5.51. The van der Waals surface area contributed by atoms with Crippen LogP contribution in [-0.4, -0.2) is 0 Å². The zero-order valence-corrected chi connectivity index (χ0v) is 23.9. The molecule has 5 aliphatic carbocycles. The van der Waals surface area contributed by atoms with Gasteiger partial charge in [0.05, 0.1) is 0 Å². The SMILES string of the molecule is C1=CCC2CCC(c3c4ccccc4c(C4=C5C=CC6=Cc7ccccc7CC6C5=CCC4)c4ccccc34)=CC2=C1. The van der Waals surface area contributed by atoms with Crippen molar-refractivity contribution in [3.8, 4) is 0 Å². The maximum absolute atomic E-state index is 2.54. The molecule has 0 spiro atoms. The number of rotatable bonds is 2. The van der Waals surface area contributed by atoms with Gasteiger partial charge in [-0.05, 0) is 122 Å². The lowest BCUT2D eigenvalue weighted by atomic mass is 9.69. The summed E-state index contributed by atoms with van der Waals surface area (Å²) in [6.45, 7) is 0. The van der Waals surface area contributed by atoms with E-state index in [0.29, 0.717) is 11.8 Å². The van der Waals surface area contributed by atoms with E-state index >= 15 is 0 Å². The van der Waals surface area contributed by atoms with Crippen LogP contribution in [0, 0.1) is 11.8 Å². The number of hydrogen-bond donors (Lipinski definition) is 0. The van der Waals surface area contributed by atoms with Gasteiger partial charge in [0.15, 0.2) is 0 Å². The molecule has 0 radical (unpaired) electrons. The fourth-order valence-electron chi connectivity index (χ4n) is 8.43. The van der Waals surface area contributed by atoms with E-state index in [0.717, 1.165) is 25.7 Å². The highest BCUT2D eigenvalue weighted by Gasteiger charge is 2.32. The van der Waals surface area contributed by atoms with Crippen molar-refractivity contribution in [1.29, 1.82) is 0 Å². The lowest BCUT2D eigenvalue weighted by molar-refractivity contribution is 0.572. The minimum absolute atomic E-state index is 0.449. The summed E-state index contributed by atoms with van der Waals surface area (Å²) in [6.07, 6.45) is 26.1. The third-order valence-corrected chi connectivity index (χ3v) is 10.4. The largest absolute Gasteiger partial charge is 0.0839 e. The number of hydrogen-bond acceptors (Lipinski definition) is 0. The van der Waals surface area contributed by atoms with Gasteiger partial charge in [0.25, 0.3) is 0 Å². The lowest BCUT2D eigenvalue weighted by Gasteiger charge is -2.34. The van der Waals surface area contributed by atoms with E-state index in [-0.39, 0.29) is 0 Å². The third kappa shape index (κ3) is 3.68. The Morgan fingerprint density at radius 2 is 1.40 bits per heavy atom. The molecule has 0 saturated heterocycles. The van der Waals surface area contributed by atoms with E-state index in [1.54, 1.807) is 0 Å². The van der Waals surface area contributed by atoms with Crippen molar-refractivity contribution in [3.05, 3.63) is 160 Å². The first-order valence-electron chi connectivity index (χ1n) is 15.8. The van der Waals surface area contributed by atoms with Crippen LogP contribution in [0.15, 0.2) is 138 Å². The molecule has 0 fully saturated rings. The van der Waals surface area contributed by atoms with Crippen LogP contribution in [0.1, 0.15) is 54.4 Å². The van der Waals surface area contributed by atoms with Crippen molar-refractivity contribution >= 4 is 38.8 Å². The van der Waals surface area contributed by atoms with Gasteiger partial charge >= 0.3 is 0 Å². The monoisotopic (exact) mass is 538 g/mol. The second-order valence-electron chi connectivity index (χ2n) is 12.6. The Bertz CT molecular complexity index is 1970. The molecule has 0 N–H and O–H groups in total. The zero-order chi connectivity index (χ0) is 27.6. The van der Waals surface area contributed by atoms with Gasteiger partial charge in [-0.2, -0.15) is 0 Å². The molecule has 4 aromatic carbocycles. The van der Waals surface area contributed by atoms with Gasteiger partial charge in [-0.1, -0.05) is 121 Å². The molecule has 0 saturated carbocycles. The van der Waals surface area contributed by atoms with Gasteiger partial charge < -0.3 is 0 Å². The molecule has 0 heterocycles. The summed E-state index contributed by atoms with van der Waals surface area (Å²) >= 11 is 0. The summed E-state index contributed by atoms with van der Waals surface area (Å²) in [6, 6.07) is 27.4. The van der Waals surface area contributed by atoms with E-state index in [9.17, 15) is 0 Å². The quantitative estimate of drug-likeness (QED) is 0.223. The Morgan fingerprint density at radius 1 is 0.667 bits per heavy atom. The molecule has 2 atom stereocenters. The number of benzene rings is 4. The number of allylic oxidation sites excluding steroid dienone is 13. The minimum Gasteiger partial charge on any atom is -0.0839 e. The fourth-order valence-corrected chi connectivity index (χ4v) is 8.43. The molecule has 0 bridgehead atoms. The van der Waals surface area contributed by atoms with Gasteiger partial charge in [-0.15, -0.1) is 0 Å². The van der Waals surface area contributed by atoms with Crippen LogP contribution >= 0.6 is 0 Å². The van der Waals surface area contributed by atoms with Crippen LogP contribution < -0.4 is 0 Å². The van der Waals surface area contributed by atoms with Crippen molar-refractivity contribution < 1.29 is 0 Å². The van der Waals surface area contributed by atoms with Crippen molar-refractivity contribution in [2.75, 3.05) is 0 Å². The molecule has 9 rings (SSSR count). The van der Waals surface area contributed by atoms with Gasteiger partial charge in [-0.3, -0.25) is 0 Å². The van der Waals surface area contributed by atoms with E-state index in [1.807, 2.05) is 0 Å². The molecular weight excluding hydrogens is 504 g/mol. The lowest BCUT2D eigenvalue weighted by Crippen LogP contribution is -2.20. The fraction of sp³-hybridized carbons (Fsp3) is 0.190. The molecule has 0 nitrogen and oxygen atoms in total. The van der Waals surface area contributed by atoms with Crippen LogP contribution in [0.5, 0.6) is 0 Å². The Morgan fingerprint density at radius 3 is 2.21 bits per heavy atom. The summed E-state index contributed by atoms with van der Waals surface area (Å²) in [4.78, 5) is 0. The summed E-state index contributed by atoms with van der Waals surface area (Å²) in [5.74, 6) is 1.13. The molecule has 0 aliphatic heterocycles. The molecule has 2 unspecified atom stereocenters. The van der Waals surface area contributed by atoms with E-state index in [2.05, 4.69) is 121 Å². The first-order chi connectivity index (χ1) is 20.8. The predicted octanol–water partition coefficient (Wildman–Crippen LogP) is 11.0. The maximum atomic E-state index is 2.54. The average Bonchev–Trinajstić information content (AvgIpc) is 3.05. The molecule has 0 amide bonds. The molecule has 202 valence electrons. The standard InChI is InChI=1S/C42H34/c1-2-11-28-25-32(21-20-27(28)10-1)41-36-14-5-7-16-38(36)42(39-17-8-6-15-37(39)41)35-19-9-18-33-34(35)23-22-31-24-29-12-3-4-13-30(29)26-40(31)33/h1-8,11-18,22-25,27,40H,9-10,19-21,26H2. The minimum atomic E-state index is 0.449. The molecule has 4 aromatic rings. The van der Waals surface area contributed by atoms with Crippen molar-refractivity contribution in [2.45, 2.75) is 38.5 Å². The highest BCUT2D eigenvalue weighted by Crippen LogP contribution is 2.50. The van der Waals surface area contributed by atoms with E-state index in [1.165, 1.54) is 90.1 Å². The Balaban J connectivity index is 1.28. The topological polar surface area (TPSA) is 0 Å². The van der Waals surface area contributed by atoms with Gasteiger partial charge in [0.2, 0.25) is 0 Å². The van der Waals surface area contributed by atoms with Crippen LogP contribution in [0.4, 0.5) is 0 Å². The Labute approximate surface area is 248 Å². The van der Waals surface area contributed by atoms with E-state index < -0.39 is 0 Å². The van der Waals surface area contributed by atoms with Gasteiger partial charge in [-0.25, -0.2) is 0 Å². The smallest absolute Gasteiger partial charge is 0.0133 e. The third-order valence-electron chi connectivity index (χ3n) is 10.4. The van der Waals surface area contributed by atoms with Crippen LogP contribution in [-0.2, 0) is 6.42 Å². The highest BCUT2D eigenvalue weighted by atomic mass is 14.4. The first-order valence-corrected chi connectivity index (χ1v) is 15.8. The Hall–Kier alpha value is -4.42.